The molecule has 3 heteroatoms. The van der Waals surface area contributed by atoms with Gasteiger partial charge < -0.3 is 10.4 Å². The van der Waals surface area contributed by atoms with E-state index in [0.29, 0.717) is 12.5 Å². The van der Waals surface area contributed by atoms with Gasteiger partial charge in [-0.2, -0.15) is 0 Å². The van der Waals surface area contributed by atoms with Crippen molar-refractivity contribution in [3.8, 4) is 0 Å². The molecular weight excluding hydrogens is 205 g/mol. The molecule has 16 heavy (non-hydrogen) atoms. The average Bonchev–Trinajstić information content (AvgIpc) is 2.16. The predicted octanol–water partition coefficient (Wildman–Crippen LogP) is 2.32. The predicted molar refractivity (Wildman–Crippen MR) is 63.6 cm³/mol. The third-order valence-electron chi connectivity index (χ3n) is 2.45. The zero-order chi connectivity index (χ0) is 12.0. The molecule has 2 nitrogen and oxygen atoms in total. The number of rotatable bonds is 6. The van der Waals surface area contributed by atoms with Crippen LogP contribution in [0.5, 0.6) is 0 Å². The lowest BCUT2D eigenvalue weighted by Gasteiger charge is -2.14. The SMILES string of the molecule is CC(O)CC(C)CNCc1cccc(F)c1. The number of hydrogen-bond donors (Lipinski definition) is 2. The Labute approximate surface area is 96.5 Å². The second-order valence-electron chi connectivity index (χ2n) is 4.45. The Morgan fingerprint density at radius 2 is 2.12 bits per heavy atom. The minimum absolute atomic E-state index is 0.198. The molecule has 1 rings (SSSR count). The Balaban J connectivity index is 2.25. The smallest absolute Gasteiger partial charge is 0.123 e. The molecule has 0 fully saturated rings. The van der Waals surface area contributed by atoms with Gasteiger partial charge in [-0.1, -0.05) is 19.1 Å². The summed E-state index contributed by atoms with van der Waals surface area (Å²) in [7, 11) is 0. The van der Waals surface area contributed by atoms with Gasteiger partial charge in [0.25, 0.3) is 0 Å². The van der Waals surface area contributed by atoms with Crippen molar-refractivity contribution in [2.75, 3.05) is 6.54 Å². The van der Waals surface area contributed by atoms with Crippen molar-refractivity contribution in [1.29, 1.82) is 0 Å². The van der Waals surface area contributed by atoms with Crippen molar-refractivity contribution in [3.05, 3.63) is 35.6 Å². The van der Waals surface area contributed by atoms with E-state index in [4.69, 9.17) is 0 Å². The van der Waals surface area contributed by atoms with Crippen molar-refractivity contribution in [1.82, 2.24) is 5.32 Å². The van der Waals surface area contributed by atoms with E-state index in [2.05, 4.69) is 12.2 Å². The third kappa shape index (κ3) is 5.24. The monoisotopic (exact) mass is 225 g/mol. The summed E-state index contributed by atoms with van der Waals surface area (Å²) in [5.41, 5.74) is 0.948. The van der Waals surface area contributed by atoms with E-state index in [1.54, 1.807) is 13.0 Å². The lowest BCUT2D eigenvalue weighted by atomic mass is 10.0. The van der Waals surface area contributed by atoms with E-state index in [0.717, 1.165) is 18.5 Å². The maximum absolute atomic E-state index is 12.9. The fourth-order valence-electron chi connectivity index (χ4n) is 1.78. The first-order chi connectivity index (χ1) is 7.58. The fraction of sp³-hybridized carbons (Fsp3) is 0.538. The summed E-state index contributed by atoms with van der Waals surface area (Å²) in [4.78, 5) is 0. The van der Waals surface area contributed by atoms with Gasteiger partial charge >= 0.3 is 0 Å². The Morgan fingerprint density at radius 1 is 1.38 bits per heavy atom. The molecule has 0 aliphatic heterocycles. The molecule has 0 aliphatic carbocycles. The molecule has 0 heterocycles. The van der Waals surface area contributed by atoms with Crippen molar-refractivity contribution < 1.29 is 9.50 Å². The zero-order valence-corrected chi connectivity index (χ0v) is 9.91. The number of hydrogen-bond acceptors (Lipinski definition) is 2. The molecule has 0 saturated carbocycles. The van der Waals surface area contributed by atoms with Gasteiger partial charge in [-0.3, -0.25) is 0 Å². The molecule has 0 amide bonds. The lowest BCUT2D eigenvalue weighted by molar-refractivity contribution is 0.163. The van der Waals surface area contributed by atoms with E-state index in [-0.39, 0.29) is 11.9 Å². The molecule has 0 spiro atoms. The van der Waals surface area contributed by atoms with Gasteiger partial charge in [0.2, 0.25) is 0 Å². The number of halogens is 1. The van der Waals surface area contributed by atoms with Gasteiger partial charge in [0.1, 0.15) is 5.82 Å². The van der Waals surface area contributed by atoms with Crippen LogP contribution in [-0.4, -0.2) is 17.8 Å². The summed E-state index contributed by atoms with van der Waals surface area (Å²) in [6.07, 6.45) is 0.529. The Kier molecular flexibility index (Phi) is 5.43. The van der Waals surface area contributed by atoms with Crippen LogP contribution in [0, 0.1) is 11.7 Å². The van der Waals surface area contributed by atoms with Crippen LogP contribution in [-0.2, 0) is 6.54 Å². The summed E-state index contributed by atoms with van der Waals surface area (Å²) < 4.78 is 12.9. The molecule has 2 atom stereocenters. The Hall–Kier alpha value is -0.930. The van der Waals surface area contributed by atoms with Gasteiger partial charge in [0, 0.05) is 6.54 Å². The molecule has 2 unspecified atom stereocenters. The van der Waals surface area contributed by atoms with Gasteiger partial charge in [0.15, 0.2) is 0 Å². The molecule has 1 aromatic carbocycles. The molecule has 0 aromatic heterocycles. The molecular formula is C13H20FNO. The molecule has 2 N–H and O–H groups in total. The first-order valence-electron chi connectivity index (χ1n) is 5.71. The first kappa shape index (κ1) is 13.1. The summed E-state index contributed by atoms with van der Waals surface area (Å²) in [6.45, 7) is 5.39. The molecule has 0 bridgehead atoms. The summed E-state index contributed by atoms with van der Waals surface area (Å²) in [6, 6.07) is 6.59. The van der Waals surface area contributed by atoms with Crippen molar-refractivity contribution in [2.24, 2.45) is 5.92 Å². The highest BCUT2D eigenvalue weighted by molar-refractivity contribution is 5.15. The Bertz CT molecular complexity index is 315. The quantitative estimate of drug-likeness (QED) is 0.778. The molecule has 0 saturated heterocycles. The van der Waals surface area contributed by atoms with Gasteiger partial charge in [-0.05, 0) is 43.5 Å². The highest BCUT2D eigenvalue weighted by atomic mass is 19.1. The average molecular weight is 225 g/mol. The van der Waals surface area contributed by atoms with Crippen LogP contribution in [0.15, 0.2) is 24.3 Å². The largest absolute Gasteiger partial charge is 0.393 e. The highest BCUT2D eigenvalue weighted by Gasteiger charge is 2.05. The van der Waals surface area contributed by atoms with E-state index in [1.165, 1.54) is 12.1 Å². The second kappa shape index (κ2) is 6.61. The minimum Gasteiger partial charge on any atom is -0.393 e. The number of aliphatic hydroxyl groups excluding tert-OH is 1. The van der Waals surface area contributed by atoms with Gasteiger partial charge in [-0.25, -0.2) is 4.39 Å². The van der Waals surface area contributed by atoms with E-state index in [1.807, 2.05) is 6.07 Å². The first-order valence-corrected chi connectivity index (χ1v) is 5.71. The number of aliphatic hydroxyl groups is 1. The van der Waals surface area contributed by atoms with Crippen LogP contribution in [0.3, 0.4) is 0 Å². The van der Waals surface area contributed by atoms with Gasteiger partial charge in [-0.15, -0.1) is 0 Å². The summed E-state index contributed by atoms with van der Waals surface area (Å²) in [5.74, 6) is 0.227. The maximum Gasteiger partial charge on any atom is 0.123 e. The third-order valence-corrected chi connectivity index (χ3v) is 2.45. The van der Waals surface area contributed by atoms with Crippen LogP contribution >= 0.6 is 0 Å². The van der Waals surface area contributed by atoms with Crippen molar-refractivity contribution in [3.63, 3.8) is 0 Å². The van der Waals surface area contributed by atoms with Crippen LogP contribution in [0.4, 0.5) is 4.39 Å². The van der Waals surface area contributed by atoms with E-state index in [9.17, 15) is 9.50 Å². The normalized spacial score (nSPS) is 14.8. The Morgan fingerprint density at radius 3 is 2.75 bits per heavy atom. The lowest BCUT2D eigenvalue weighted by Crippen LogP contribution is -2.23. The van der Waals surface area contributed by atoms with Crippen LogP contribution in [0.1, 0.15) is 25.8 Å². The number of benzene rings is 1. The second-order valence-corrected chi connectivity index (χ2v) is 4.45. The highest BCUT2D eigenvalue weighted by Crippen LogP contribution is 2.06. The summed E-state index contributed by atoms with van der Waals surface area (Å²) >= 11 is 0. The fourth-order valence-corrected chi connectivity index (χ4v) is 1.78. The number of nitrogens with one attached hydrogen (secondary N) is 1. The molecule has 1 aromatic rings. The van der Waals surface area contributed by atoms with Crippen LogP contribution in [0.25, 0.3) is 0 Å². The minimum atomic E-state index is -0.258. The standard InChI is InChI=1S/C13H20FNO/c1-10(6-11(2)16)8-15-9-12-4-3-5-13(14)7-12/h3-5,7,10-11,15-16H,6,8-9H2,1-2H3. The van der Waals surface area contributed by atoms with Crippen LogP contribution in [0.2, 0.25) is 0 Å². The molecule has 90 valence electrons. The molecule has 0 aliphatic rings. The van der Waals surface area contributed by atoms with Crippen molar-refractivity contribution in [2.45, 2.75) is 32.9 Å². The van der Waals surface area contributed by atoms with Crippen molar-refractivity contribution >= 4 is 0 Å². The van der Waals surface area contributed by atoms with Gasteiger partial charge in [0.05, 0.1) is 6.10 Å². The molecule has 0 radical (unpaired) electrons. The maximum atomic E-state index is 12.9. The van der Waals surface area contributed by atoms with E-state index < -0.39 is 0 Å². The van der Waals surface area contributed by atoms with Crippen LogP contribution < -0.4 is 5.32 Å². The van der Waals surface area contributed by atoms with E-state index >= 15 is 0 Å². The zero-order valence-electron chi connectivity index (χ0n) is 9.91. The topological polar surface area (TPSA) is 32.3 Å². The summed E-state index contributed by atoms with van der Waals surface area (Å²) in [5, 5.41) is 12.5.